The molecule has 2 heterocycles. The molecule has 32 heavy (non-hydrogen) atoms. The molecule has 0 radical (unpaired) electrons. The molecule has 0 aliphatic carbocycles. The second-order valence-corrected chi connectivity index (χ2v) is 7.37. The molecule has 11 heteroatoms. The molecule has 8 nitrogen and oxygen atoms in total. The summed E-state index contributed by atoms with van der Waals surface area (Å²) in [4.78, 5) is 11.8. The third-order valence-corrected chi connectivity index (χ3v) is 5.24. The highest BCUT2D eigenvalue weighted by Crippen LogP contribution is 2.37. The number of carbonyl (C=O) groups excluding carboxylic acids is 1. The summed E-state index contributed by atoms with van der Waals surface area (Å²) in [6.07, 6.45) is -3.42. The molecule has 1 aliphatic heterocycles. The molecule has 0 bridgehead atoms. The van der Waals surface area contributed by atoms with Crippen molar-refractivity contribution in [1.82, 2.24) is 15.5 Å². The first kappa shape index (κ1) is 23.3. The number of nitriles is 1. The first-order valence-electron chi connectivity index (χ1n) is 10.00. The highest BCUT2D eigenvalue weighted by Gasteiger charge is 2.32. The Morgan fingerprint density at radius 2 is 2.12 bits per heavy atom. The Balaban J connectivity index is 1.80. The van der Waals surface area contributed by atoms with E-state index in [1.54, 1.807) is 13.8 Å². The molecular formula is C21H22F3N5O3. The Morgan fingerprint density at radius 1 is 1.38 bits per heavy atom. The molecule has 1 saturated heterocycles. The summed E-state index contributed by atoms with van der Waals surface area (Å²) < 4.78 is 43.6. The fraction of sp³-hybridized carbons (Fsp3) is 0.429. The Morgan fingerprint density at radius 3 is 2.69 bits per heavy atom. The van der Waals surface area contributed by atoms with Crippen LogP contribution in [-0.4, -0.2) is 46.5 Å². The molecule has 3 N–H and O–H groups in total. The quantitative estimate of drug-likeness (QED) is 0.596. The lowest BCUT2D eigenvalue weighted by atomic mass is 9.99. The lowest BCUT2D eigenvalue weighted by molar-refractivity contribution is -0.146. The number of hydrogen-bond donors (Lipinski definition) is 3. The fourth-order valence-corrected chi connectivity index (χ4v) is 3.54. The third kappa shape index (κ3) is 4.91. The van der Waals surface area contributed by atoms with Crippen LogP contribution in [0.25, 0.3) is 11.3 Å². The molecular weight excluding hydrogens is 427 g/mol. The zero-order valence-electron chi connectivity index (χ0n) is 17.5. The van der Waals surface area contributed by atoms with Crippen LogP contribution in [0.5, 0.6) is 5.75 Å². The lowest BCUT2D eigenvalue weighted by Gasteiger charge is -2.29. The van der Waals surface area contributed by atoms with Crippen molar-refractivity contribution in [3.63, 3.8) is 0 Å². The smallest absolute Gasteiger partial charge is 0.416 e. The minimum atomic E-state index is -4.59. The van der Waals surface area contributed by atoms with E-state index in [-0.39, 0.29) is 40.7 Å². The maximum absolute atomic E-state index is 12.9. The van der Waals surface area contributed by atoms with Crippen LogP contribution >= 0.6 is 0 Å². The van der Waals surface area contributed by atoms with Gasteiger partial charge in [0.15, 0.2) is 5.82 Å². The van der Waals surface area contributed by atoms with E-state index in [0.717, 1.165) is 12.1 Å². The van der Waals surface area contributed by atoms with Crippen LogP contribution < -0.4 is 10.6 Å². The van der Waals surface area contributed by atoms with Gasteiger partial charge in [-0.25, -0.2) is 0 Å². The highest BCUT2D eigenvalue weighted by atomic mass is 19.4. The Labute approximate surface area is 182 Å². The van der Waals surface area contributed by atoms with E-state index in [9.17, 15) is 28.3 Å². The second-order valence-electron chi connectivity index (χ2n) is 7.37. The Bertz CT molecular complexity index is 1040. The zero-order valence-corrected chi connectivity index (χ0v) is 17.5. The van der Waals surface area contributed by atoms with E-state index in [2.05, 4.69) is 20.8 Å². The van der Waals surface area contributed by atoms with Crippen molar-refractivity contribution in [2.45, 2.75) is 44.9 Å². The van der Waals surface area contributed by atoms with Crippen LogP contribution in [0.1, 0.15) is 36.5 Å². The van der Waals surface area contributed by atoms with Gasteiger partial charge in [0.25, 0.3) is 0 Å². The van der Waals surface area contributed by atoms with Gasteiger partial charge in [0.05, 0.1) is 12.2 Å². The number of hydrogen-bond acceptors (Lipinski definition) is 8. The largest absolute Gasteiger partial charge is 0.507 e. The minimum Gasteiger partial charge on any atom is -0.507 e. The number of piperidine rings is 1. The number of rotatable bonds is 5. The number of esters is 1. The van der Waals surface area contributed by atoms with E-state index in [4.69, 9.17) is 4.74 Å². The number of nitrogens with zero attached hydrogens (tertiary/aromatic N) is 3. The lowest BCUT2D eigenvalue weighted by Crippen LogP contribution is -2.49. The molecule has 2 atom stereocenters. The number of ether oxygens (including phenoxy) is 1. The third-order valence-electron chi connectivity index (χ3n) is 5.24. The van der Waals surface area contributed by atoms with Gasteiger partial charge in [0.2, 0.25) is 0 Å². The minimum absolute atomic E-state index is 0.0441. The summed E-state index contributed by atoms with van der Waals surface area (Å²) in [5.41, 5.74) is -0.297. The SMILES string of the molecule is CCOC(=O)[C@H]1CC[C@@H](Nc2nnc(-c3ccc(C(F)(F)F)cc3O)c(C)c2C#N)CN1. The number of phenols is 1. The predicted molar refractivity (Wildman–Crippen MR) is 109 cm³/mol. The summed E-state index contributed by atoms with van der Waals surface area (Å²) >= 11 is 0. The number of benzene rings is 1. The molecule has 3 rings (SSSR count). The average molecular weight is 449 g/mol. The van der Waals surface area contributed by atoms with Crippen molar-refractivity contribution < 1.29 is 27.8 Å². The van der Waals surface area contributed by atoms with Crippen LogP contribution in [0.15, 0.2) is 18.2 Å². The van der Waals surface area contributed by atoms with Crippen LogP contribution in [0, 0.1) is 18.3 Å². The van der Waals surface area contributed by atoms with Crippen molar-refractivity contribution in [2.24, 2.45) is 0 Å². The van der Waals surface area contributed by atoms with E-state index in [1.165, 1.54) is 0 Å². The van der Waals surface area contributed by atoms with Gasteiger partial charge >= 0.3 is 12.1 Å². The fourth-order valence-electron chi connectivity index (χ4n) is 3.54. The highest BCUT2D eigenvalue weighted by molar-refractivity contribution is 5.76. The van der Waals surface area contributed by atoms with E-state index in [0.29, 0.717) is 37.6 Å². The Kier molecular flexibility index (Phi) is 6.84. The van der Waals surface area contributed by atoms with Crippen molar-refractivity contribution in [3.05, 3.63) is 34.9 Å². The van der Waals surface area contributed by atoms with Gasteiger partial charge in [-0.2, -0.15) is 18.4 Å². The number of aromatic nitrogens is 2. The molecule has 1 aromatic heterocycles. The number of aromatic hydroxyl groups is 1. The number of nitrogens with one attached hydrogen (secondary N) is 2. The number of alkyl halides is 3. The van der Waals surface area contributed by atoms with Crippen molar-refractivity contribution >= 4 is 11.8 Å². The molecule has 1 fully saturated rings. The maximum atomic E-state index is 12.9. The van der Waals surface area contributed by atoms with Crippen molar-refractivity contribution in [3.8, 4) is 23.1 Å². The summed E-state index contributed by atoms with van der Waals surface area (Å²) in [5, 5.41) is 34.1. The second kappa shape index (κ2) is 9.40. The number of phenolic OH excluding ortho intramolecular Hbond substituents is 1. The monoisotopic (exact) mass is 449 g/mol. The first-order valence-corrected chi connectivity index (χ1v) is 10.00. The van der Waals surface area contributed by atoms with Gasteiger partial charge in [-0.1, -0.05) is 0 Å². The molecule has 2 aromatic rings. The summed E-state index contributed by atoms with van der Waals surface area (Å²) in [6, 6.07) is 4.08. The van der Waals surface area contributed by atoms with Gasteiger partial charge in [0, 0.05) is 18.2 Å². The van der Waals surface area contributed by atoms with Crippen molar-refractivity contribution in [2.75, 3.05) is 18.5 Å². The van der Waals surface area contributed by atoms with Crippen LogP contribution in [0.2, 0.25) is 0 Å². The molecule has 0 saturated carbocycles. The molecule has 0 spiro atoms. The van der Waals surface area contributed by atoms with Gasteiger partial charge < -0.3 is 20.5 Å². The summed E-state index contributed by atoms with van der Waals surface area (Å²) in [7, 11) is 0. The standard InChI is InChI=1S/C21H22F3N5O3/c1-3-32-20(31)16-7-5-13(10-26-16)27-19-15(9-25)11(2)18(28-29-19)14-6-4-12(8-17(14)30)21(22,23)24/h4,6,8,13,16,26,30H,3,5,7,10H2,1-2H3,(H,27,29)/t13-,16-/m1/s1. The van der Waals surface area contributed by atoms with E-state index in [1.807, 2.05) is 6.07 Å². The molecule has 0 unspecified atom stereocenters. The molecule has 0 amide bonds. The maximum Gasteiger partial charge on any atom is 0.416 e. The summed E-state index contributed by atoms with van der Waals surface area (Å²) in [5.74, 6) is -0.690. The van der Waals surface area contributed by atoms with Gasteiger partial charge in [0.1, 0.15) is 29.1 Å². The first-order chi connectivity index (χ1) is 15.2. The topological polar surface area (TPSA) is 120 Å². The summed E-state index contributed by atoms with van der Waals surface area (Å²) in [6.45, 7) is 4.07. The predicted octanol–water partition coefficient (Wildman–Crippen LogP) is 3.14. The number of carbonyl (C=O) groups is 1. The van der Waals surface area contributed by atoms with Gasteiger partial charge in [-0.3, -0.25) is 4.79 Å². The number of anilines is 1. The van der Waals surface area contributed by atoms with Gasteiger partial charge in [-0.05, 0) is 50.5 Å². The molecule has 170 valence electrons. The normalized spacial score (nSPS) is 18.6. The average Bonchev–Trinajstić information content (AvgIpc) is 2.74. The van der Waals surface area contributed by atoms with Crippen LogP contribution in [0.4, 0.5) is 19.0 Å². The molecule has 1 aliphatic rings. The number of halogens is 3. The van der Waals surface area contributed by atoms with Crippen LogP contribution in [0.3, 0.4) is 0 Å². The van der Waals surface area contributed by atoms with Crippen molar-refractivity contribution in [1.29, 1.82) is 5.26 Å². The zero-order chi connectivity index (χ0) is 23.5. The van der Waals surface area contributed by atoms with E-state index >= 15 is 0 Å². The van der Waals surface area contributed by atoms with Crippen LogP contribution in [-0.2, 0) is 15.7 Å². The molecule has 1 aromatic carbocycles. The van der Waals surface area contributed by atoms with Gasteiger partial charge in [-0.15, -0.1) is 10.2 Å². The Hall–Kier alpha value is -3.39. The van der Waals surface area contributed by atoms with E-state index < -0.39 is 17.5 Å².